The standard InChI is InChI=1S/C12H19F3N4O/c1-3-8(4-2)19(5-6-20)10-7-9(16)17-11(18-10)12(13,14)15/h7-8,20H,3-6H2,1-2H3,(H2,16,17,18). The van der Waals surface area contributed by atoms with Crippen LogP contribution in [0, 0.1) is 0 Å². The quantitative estimate of drug-likeness (QED) is 0.839. The molecule has 0 unspecified atom stereocenters. The van der Waals surface area contributed by atoms with Gasteiger partial charge < -0.3 is 15.7 Å². The zero-order valence-corrected chi connectivity index (χ0v) is 11.5. The van der Waals surface area contributed by atoms with Crippen molar-refractivity contribution in [2.45, 2.75) is 38.9 Å². The molecule has 1 rings (SSSR count). The predicted octanol–water partition coefficient (Wildman–Crippen LogP) is 2.06. The highest BCUT2D eigenvalue weighted by Crippen LogP contribution is 2.29. The van der Waals surface area contributed by atoms with Crippen LogP contribution in [0.2, 0.25) is 0 Å². The molecule has 0 aliphatic carbocycles. The van der Waals surface area contributed by atoms with Gasteiger partial charge in [0.1, 0.15) is 11.6 Å². The summed E-state index contributed by atoms with van der Waals surface area (Å²) in [6.45, 7) is 3.86. The van der Waals surface area contributed by atoms with E-state index in [1.54, 1.807) is 4.90 Å². The number of hydrogen-bond donors (Lipinski definition) is 2. The van der Waals surface area contributed by atoms with E-state index in [0.717, 1.165) is 12.8 Å². The first-order valence-electron chi connectivity index (χ1n) is 6.42. The van der Waals surface area contributed by atoms with Gasteiger partial charge >= 0.3 is 6.18 Å². The van der Waals surface area contributed by atoms with Crippen LogP contribution < -0.4 is 10.6 Å². The van der Waals surface area contributed by atoms with Gasteiger partial charge in [-0.1, -0.05) is 13.8 Å². The second-order valence-electron chi connectivity index (χ2n) is 4.36. The van der Waals surface area contributed by atoms with Crippen LogP contribution in [0.5, 0.6) is 0 Å². The Kier molecular flexibility index (Phi) is 5.55. The number of aliphatic hydroxyl groups excluding tert-OH is 1. The fraction of sp³-hybridized carbons (Fsp3) is 0.667. The number of rotatable bonds is 6. The third-order valence-corrected chi connectivity index (χ3v) is 3.00. The Morgan fingerprint density at radius 2 is 1.90 bits per heavy atom. The van der Waals surface area contributed by atoms with Crippen molar-refractivity contribution >= 4 is 11.6 Å². The monoisotopic (exact) mass is 292 g/mol. The van der Waals surface area contributed by atoms with E-state index in [0.29, 0.717) is 0 Å². The van der Waals surface area contributed by atoms with Gasteiger partial charge in [-0.2, -0.15) is 13.2 Å². The molecule has 0 saturated heterocycles. The number of hydrogen-bond acceptors (Lipinski definition) is 5. The molecule has 0 radical (unpaired) electrons. The Labute approximate surface area is 115 Å². The van der Waals surface area contributed by atoms with Crippen molar-refractivity contribution in [2.75, 3.05) is 23.8 Å². The topological polar surface area (TPSA) is 75.3 Å². The number of aliphatic hydroxyl groups is 1. The van der Waals surface area contributed by atoms with E-state index in [2.05, 4.69) is 9.97 Å². The maximum absolute atomic E-state index is 12.7. The van der Waals surface area contributed by atoms with Crippen LogP contribution in [-0.4, -0.2) is 34.3 Å². The molecule has 0 fully saturated rings. The number of alkyl halides is 3. The molecule has 5 nitrogen and oxygen atoms in total. The number of nitrogens with zero attached hydrogens (tertiary/aromatic N) is 3. The molecular formula is C12H19F3N4O. The lowest BCUT2D eigenvalue weighted by Crippen LogP contribution is -2.38. The first-order valence-corrected chi connectivity index (χ1v) is 6.42. The third-order valence-electron chi connectivity index (χ3n) is 3.00. The van der Waals surface area contributed by atoms with Crippen molar-refractivity contribution in [1.82, 2.24) is 9.97 Å². The van der Waals surface area contributed by atoms with Gasteiger partial charge in [0.25, 0.3) is 0 Å². The van der Waals surface area contributed by atoms with Crippen molar-refractivity contribution in [3.63, 3.8) is 0 Å². The van der Waals surface area contributed by atoms with Gasteiger partial charge in [0.2, 0.25) is 5.82 Å². The van der Waals surface area contributed by atoms with Crippen molar-refractivity contribution in [3.05, 3.63) is 11.9 Å². The molecule has 0 bridgehead atoms. The predicted molar refractivity (Wildman–Crippen MR) is 70.2 cm³/mol. The fourth-order valence-corrected chi connectivity index (χ4v) is 2.05. The summed E-state index contributed by atoms with van der Waals surface area (Å²) < 4.78 is 38.1. The maximum Gasteiger partial charge on any atom is 0.451 e. The smallest absolute Gasteiger partial charge is 0.395 e. The Balaban J connectivity index is 3.22. The summed E-state index contributed by atoms with van der Waals surface area (Å²) in [7, 11) is 0. The van der Waals surface area contributed by atoms with Crippen molar-refractivity contribution in [3.8, 4) is 0 Å². The zero-order valence-electron chi connectivity index (χ0n) is 11.5. The average Bonchev–Trinajstić information content (AvgIpc) is 2.37. The summed E-state index contributed by atoms with van der Waals surface area (Å²) in [4.78, 5) is 8.38. The zero-order chi connectivity index (χ0) is 15.3. The van der Waals surface area contributed by atoms with E-state index < -0.39 is 12.0 Å². The molecule has 0 atom stereocenters. The molecule has 0 amide bonds. The van der Waals surface area contributed by atoms with Crippen LogP contribution in [0.3, 0.4) is 0 Å². The molecule has 114 valence electrons. The van der Waals surface area contributed by atoms with Crippen LogP contribution in [0.15, 0.2) is 6.07 Å². The Bertz CT molecular complexity index is 435. The van der Waals surface area contributed by atoms with Gasteiger partial charge in [0.05, 0.1) is 6.61 Å². The highest BCUT2D eigenvalue weighted by Gasteiger charge is 2.36. The van der Waals surface area contributed by atoms with E-state index in [1.807, 2.05) is 13.8 Å². The largest absolute Gasteiger partial charge is 0.451 e. The lowest BCUT2D eigenvalue weighted by atomic mass is 10.1. The lowest BCUT2D eigenvalue weighted by molar-refractivity contribution is -0.144. The average molecular weight is 292 g/mol. The fourth-order valence-electron chi connectivity index (χ4n) is 2.05. The van der Waals surface area contributed by atoms with Crippen molar-refractivity contribution in [2.24, 2.45) is 0 Å². The van der Waals surface area contributed by atoms with Gasteiger partial charge in [0, 0.05) is 18.7 Å². The van der Waals surface area contributed by atoms with E-state index in [4.69, 9.17) is 10.8 Å². The summed E-state index contributed by atoms with van der Waals surface area (Å²) in [6, 6.07) is 1.28. The third kappa shape index (κ3) is 3.96. The normalized spacial score (nSPS) is 11.9. The molecule has 0 spiro atoms. The second-order valence-corrected chi connectivity index (χ2v) is 4.36. The van der Waals surface area contributed by atoms with Crippen LogP contribution in [0.1, 0.15) is 32.5 Å². The molecule has 1 heterocycles. The minimum Gasteiger partial charge on any atom is -0.395 e. The first-order chi connectivity index (χ1) is 9.33. The maximum atomic E-state index is 12.7. The Hall–Kier alpha value is -1.57. The summed E-state index contributed by atoms with van der Waals surface area (Å²) in [6.07, 6.45) is -3.20. The molecule has 8 heteroatoms. The minimum absolute atomic E-state index is 0.0162. The van der Waals surface area contributed by atoms with E-state index in [9.17, 15) is 13.2 Å². The van der Waals surface area contributed by atoms with Gasteiger partial charge in [0.15, 0.2) is 0 Å². The lowest BCUT2D eigenvalue weighted by Gasteiger charge is -2.31. The Morgan fingerprint density at radius 3 is 2.35 bits per heavy atom. The second kappa shape index (κ2) is 6.74. The number of nitrogen functional groups attached to an aromatic ring is 1. The molecular weight excluding hydrogens is 273 g/mol. The van der Waals surface area contributed by atoms with Gasteiger partial charge in [-0.15, -0.1) is 0 Å². The van der Waals surface area contributed by atoms with E-state index >= 15 is 0 Å². The summed E-state index contributed by atoms with van der Waals surface area (Å²) in [5.74, 6) is -1.41. The van der Waals surface area contributed by atoms with Crippen LogP contribution in [0.4, 0.5) is 24.8 Å². The van der Waals surface area contributed by atoms with E-state index in [-0.39, 0.29) is 30.8 Å². The molecule has 1 aromatic rings. The molecule has 20 heavy (non-hydrogen) atoms. The van der Waals surface area contributed by atoms with Crippen LogP contribution in [-0.2, 0) is 6.18 Å². The number of aromatic nitrogens is 2. The van der Waals surface area contributed by atoms with Gasteiger partial charge in [-0.25, -0.2) is 9.97 Å². The molecule has 1 aromatic heterocycles. The first kappa shape index (κ1) is 16.5. The Morgan fingerprint density at radius 1 is 1.30 bits per heavy atom. The molecule has 0 aromatic carbocycles. The summed E-state index contributed by atoms with van der Waals surface area (Å²) in [5.41, 5.74) is 5.43. The summed E-state index contributed by atoms with van der Waals surface area (Å²) >= 11 is 0. The summed E-state index contributed by atoms with van der Waals surface area (Å²) in [5, 5.41) is 9.10. The van der Waals surface area contributed by atoms with Crippen LogP contribution >= 0.6 is 0 Å². The number of anilines is 2. The van der Waals surface area contributed by atoms with Crippen molar-refractivity contribution < 1.29 is 18.3 Å². The van der Waals surface area contributed by atoms with E-state index in [1.165, 1.54) is 6.07 Å². The molecule has 0 aliphatic heterocycles. The number of nitrogens with two attached hydrogens (primary N) is 1. The molecule has 0 aliphatic rings. The molecule has 3 N–H and O–H groups in total. The van der Waals surface area contributed by atoms with Crippen LogP contribution in [0.25, 0.3) is 0 Å². The SMILES string of the molecule is CCC(CC)N(CCO)c1cc(N)nc(C(F)(F)F)n1. The highest BCUT2D eigenvalue weighted by atomic mass is 19.4. The minimum atomic E-state index is -4.65. The van der Waals surface area contributed by atoms with Crippen molar-refractivity contribution in [1.29, 1.82) is 0 Å². The van der Waals surface area contributed by atoms with Gasteiger partial charge in [-0.3, -0.25) is 0 Å². The number of halogens is 3. The van der Waals surface area contributed by atoms with Gasteiger partial charge in [-0.05, 0) is 12.8 Å². The highest BCUT2D eigenvalue weighted by molar-refractivity contribution is 5.48. The molecule has 0 saturated carbocycles.